The lowest BCUT2D eigenvalue weighted by Gasteiger charge is -2.26. The van der Waals surface area contributed by atoms with E-state index in [1.165, 1.54) is 0 Å². The fraction of sp³-hybridized carbons (Fsp3) is 0.467. The first-order chi connectivity index (χ1) is 10.3. The minimum absolute atomic E-state index is 0.131. The predicted octanol–water partition coefficient (Wildman–Crippen LogP) is 1.58. The van der Waals surface area contributed by atoms with Crippen LogP contribution in [-0.2, 0) is 16.0 Å². The van der Waals surface area contributed by atoms with Gasteiger partial charge in [-0.05, 0) is 19.2 Å². The highest BCUT2D eigenvalue weighted by molar-refractivity contribution is 5.57. The van der Waals surface area contributed by atoms with E-state index in [2.05, 4.69) is 15.0 Å². The number of hydrogen-bond donors (Lipinski definition) is 0. The first-order valence-electron chi connectivity index (χ1n) is 7.05. The Balaban J connectivity index is 1.56. The van der Waals surface area contributed by atoms with Gasteiger partial charge in [-0.25, -0.2) is 0 Å². The number of hydrogen-bond acceptors (Lipinski definition) is 6. The van der Waals surface area contributed by atoms with Crippen LogP contribution in [0.4, 0.5) is 0 Å². The van der Waals surface area contributed by atoms with E-state index in [1.54, 1.807) is 12.4 Å². The number of nitrogens with zero attached hydrogens (tertiary/aromatic N) is 3. The SMILES string of the molecule is CN(Cc1cc(-c2ccncc2)no1)C[C@H]1COCCO1. The van der Waals surface area contributed by atoms with Gasteiger partial charge in [-0.2, -0.15) is 0 Å². The van der Waals surface area contributed by atoms with Gasteiger partial charge in [0.25, 0.3) is 0 Å². The second-order valence-corrected chi connectivity index (χ2v) is 5.18. The molecule has 2 aromatic rings. The quantitative estimate of drug-likeness (QED) is 0.833. The van der Waals surface area contributed by atoms with E-state index in [0.717, 1.165) is 23.6 Å². The van der Waals surface area contributed by atoms with Gasteiger partial charge >= 0.3 is 0 Å². The molecule has 6 nitrogen and oxygen atoms in total. The zero-order valence-electron chi connectivity index (χ0n) is 12.1. The molecule has 1 fully saturated rings. The molecule has 0 radical (unpaired) electrons. The maximum absolute atomic E-state index is 5.64. The molecule has 0 bridgehead atoms. The Morgan fingerprint density at radius 2 is 2.14 bits per heavy atom. The molecule has 112 valence electrons. The average molecular weight is 289 g/mol. The molecule has 3 heterocycles. The molecule has 1 aliphatic heterocycles. The minimum atomic E-state index is 0.131. The summed E-state index contributed by atoms with van der Waals surface area (Å²) in [4.78, 5) is 6.15. The fourth-order valence-corrected chi connectivity index (χ4v) is 2.37. The highest BCUT2D eigenvalue weighted by Gasteiger charge is 2.17. The molecule has 21 heavy (non-hydrogen) atoms. The summed E-state index contributed by atoms with van der Waals surface area (Å²) >= 11 is 0. The lowest BCUT2D eigenvalue weighted by atomic mass is 10.2. The normalized spacial score (nSPS) is 19.0. The zero-order valence-corrected chi connectivity index (χ0v) is 12.1. The van der Waals surface area contributed by atoms with Crippen molar-refractivity contribution in [1.29, 1.82) is 0 Å². The molecular weight excluding hydrogens is 270 g/mol. The van der Waals surface area contributed by atoms with E-state index in [4.69, 9.17) is 14.0 Å². The Labute approximate surface area is 123 Å². The predicted molar refractivity (Wildman–Crippen MR) is 76.6 cm³/mol. The first kappa shape index (κ1) is 14.2. The van der Waals surface area contributed by atoms with Crippen molar-refractivity contribution in [2.24, 2.45) is 0 Å². The monoisotopic (exact) mass is 289 g/mol. The zero-order chi connectivity index (χ0) is 14.5. The summed E-state index contributed by atoms with van der Waals surface area (Å²) in [5, 5.41) is 4.10. The molecule has 1 saturated heterocycles. The van der Waals surface area contributed by atoms with Crippen LogP contribution in [0.1, 0.15) is 5.76 Å². The summed E-state index contributed by atoms with van der Waals surface area (Å²) in [7, 11) is 2.03. The van der Waals surface area contributed by atoms with Crippen molar-refractivity contribution < 1.29 is 14.0 Å². The van der Waals surface area contributed by atoms with Gasteiger partial charge in [0.1, 0.15) is 5.69 Å². The van der Waals surface area contributed by atoms with Gasteiger partial charge in [0.2, 0.25) is 0 Å². The van der Waals surface area contributed by atoms with Crippen LogP contribution in [0.25, 0.3) is 11.3 Å². The van der Waals surface area contributed by atoms with E-state index < -0.39 is 0 Å². The lowest BCUT2D eigenvalue weighted by molar-refractivity contribution is -0.0966. The van der Waals surface area contributed by atoms with Crippen molar-refractivity contribution in [2.75, 3.05) is 33.4 Å². The molecule has 0 unspecified atom stereocenters. The van der Waals surface area contributed by atoms with Crippen LogP contribution in [0.3, 0.4) is 0 Å². The maximum atomic E-state index is 5.64. The molecular formula is C15H19N3O3. The number of rotatable bonds is 5. The van der Waals surface area contributed by atoms with Crippen LogP contribution >= 0.6 is 0 Å². The van der Waals surface area contributed by atoms with Gasteiger partial charge in [0.15, 0.2) is 5.76 Å². The van der Waals surface area contributed by atoms with Crippen molar-refractivity contribution >= 4 is 0 Å². The van der Waals surface area contributed by atoms with Gasteiger partial charge in [-0.3, -0.25) is 9.88 Å². The van der Waals surface area contributed by atoms with Crippen molar-refractivity contribution in [2.45, 2.75) is 12.6 Å². The smallest absolute Gasteiger partial charge is 0.151 e. The van der Waals surface area contributed by atoms with E-state index in [9.17, 15) is 0 Å². The molecule has 2 aromatic heterocycles. The molecule has 0 spiro atoms. The van der Waals surface area contributed by atoms with Crippen molar-refractivity contribution in [3.05, 3.63) is 36.4 Å². The highest BCUT2D eigenvalue weighted by Crippen LogP contribution is 2.18. The Hall–Kier alpha value is -1.76. The Morgan fingerprint density at radius 1 is 1.29 bits per heavy atom. The van der Waals surface area contributed by atoms with Gasteiger partial charge in [-0.1, -0.05) is 5.16 Å². The lowest BCUT2D eigenvalue weighted by Crippen LogP contribution is -2.38. The second-order valence-electron chi connectivity index (χ2n) is 5.18. The van der Waals surface area contributed by atoms with E-state index in [0.29, 0.717) is 26.4 Å². The molecule has 0 saturated carbocycles. The third-order valence-electron chi connectivity index (χ3n) is 3.36. The summed E-state index contributed by atoms with van der Waals surface area (Å²) in [5.41, 5.74) is 1.84. The fourth-order valence-electron chi connectivity index (χ4n) is 2.37. The average Bonchev–Trinajstić information content (AvgIpc) is 2.97. The topological polar surface area (TPSA) is 60.6 Å². The Bertz CT molecular complexity index is 552. The van der Waals surface area contributed by atoms with E-state index >= 15 is 0 Å². The van der Waals surface area contributed by atoms with Crippen LogP contribution in [0.5, 0.6) is 0 Å². The summed E-state index contributed by atoms with van der Waals surface area (Å²) < 4.78 is 16.4. The molecule has 1 atom stereocenters. The molecule has 0 aliphatic carbocycles. The van der Waals surface area contributed by atoms with Crippen molar-refractivity contribution in [1.82, 2.24) is 15.0 Å². The van der Waals surface area contributed by atoms with Crippen LogP contribution in [-0.4, -0.2) is 54.6 Å². The number of ether oxygens (including phenoxy) is 2. The summed E-state index contributed by atoms with van der Waals surface area (Å²) in [5.74, 6) is 0.834. The summed E-state index contributed by atoms with van der Waals surface area (Å²) in [6.07, 6.45) is 3.62. The van der Waals surface area contributed by atoms with E-state index in [-0.39, 0.29) is 6.10 Å². The Kier molecular flexibility index (Phi) is 4.59. The number of pyridine rings is 1. The summed E-state index contributed by atoms with van der Waals surface area (Å²) in [6, 6.07) is 5.79. The largest absolute Gasteiger partial charge is 0.376 e. The molecule has 3 rings (SSSR count). The van der Waals surface area contributed by atoms with E-state index in [1.807, 2.05) is 25.2 Å². The number of aromatic nitrogens is 2. The minimum Gasteiger partial charge on any atom is -0.376 e. The van der Waals surface area contributed by atoms with Crippen LogP contribution in [0, 0.1) is 0 Å². The highest BCUT2D eigenvalue weighted by atomic mass is 16.6. The van der Waals surface area contributed by atoms with Gasteiger partial charge in [0, 0.05) is 30.6 Å². The molecule has 6 heteroatoms. The Morgan fingerprint density at radius 3 is 2.90 bits per heavy atom. The standard InChI is InChI=1S/C15H19N3O3/c1-18(10-14-11-19-6-7-20-14)9-13-8-15(17-21-13)12-2-4-16-5-3-12/h2-5,8,14H,6-7,9-11H2,1H3/t14-/m0/s1. The maximum Gasteiger partial charge on any atom is 0.151 e. The van der Waals surface area contributed by atoms with Crippen LogP contribution in [0.15, 0.2) is 35.1 Å². The second kappa shape index (κ2) is 6.80. The third-order valence-corrected chi connectivity index (χ3v) is 3.36. The summed E-state index contributed by atoms with van der Waals surface area (Å²) in [6.45, 7) is 3.52. The van der Waals surface area contributed by atoms with Crippen molar-refractivity contribution in [3.63, 3.8) is 0 Å². The van der Waals surface area contributed by atoms with Gasteiger partial charge in [-0.15, -0.1) is 0 Å². The molecule has 1 aliphatic rings. The molecule has 0 N–H and O–H groups in total. The van der Waals surface area contributed by atoms with Gasteiger partial charge in [0.05, 0.1) is 32.5 Å². The van der Waals surface area contributed by atoms with Crippen LogP contribution < -0.4 is 0 Å². The number of likely N-dealkylation sites (N-methyl/N-ethyl adjacent to an activating group) is 1. The van der Waals surface area contributed by atoms with Gasteiger partial charge < -0.3 is 14.0 Å². The third kappa shape index (κ3) is 3.87. The molecule has 0 aromatic carbocycles. The van der Waals surface area contributed by atoms with Crippen molar-refractivity contribution in [3.8, 4) is 11.3 Å². The van der Waals surface area contributed by atoms with Crippen LogP contribution in [0.2, 0.25) is 0 Å². The molecule has 0 amide bonds. The first-order valence-corrected chi connectivity index (χ1v) is 7.05.